The third-order valence-electron chi connectivity index (χ3n) is 4.10. The van der Waals surface area contributed by atoms with E-state index in [2.05, 4.69) is 6.92 Å². The van der Waals surface area contributed by atoms with Crippen LogP contribution in [0.2, 0.25) is 0 Å². The molecule has 0 saturated carbocycles. The van der Waals surface area contributed by atoms with E-state index in [1.165, 1.54) is 51.9 Å². The molecule has 0 aromatic heterocycles. The Kier molecular flexibility index (Phi) is 12.7. The second-order valence-corrected chi connectivity index (χ2v) is 7.33. The van der Waals surface area contributed by atoms with Gasteiger partial charge in [-0.3, -0.25) is 4.79 Å². The Morgan fingerprint density at radius 2 is 1.33 bits per heavy atom. The van der Waals surface area contributed by atoms with Gasteiger partial charge in [-0.2, -0.15) is 0 Å². The van der Waals surface area contributed by atoms with Crippen molar-refractivity contribution in [1.82, 2.24) is 0 Å². The van der Waals surface area contributed by atoms with Gasteiger partial charge in [0.2, 0.25) is 0 Å². The molecule has 0 aliphatic carbocycles. The number of hydrogen-bond acceptors (Lipinski definition) is 3. The highest BCUT2D eigenvalue weighted by Gasteiger charge is 2.27. The highest BCUT2D eigenvalue weighted by Crippen LogP contribution is 2.27. The van der Waals surface area contributed by atoms with Gasteiger partial charge < -0.3 is 5.11 Å². The Labute approximate surface area is 129 Å². The minimum absolute atomic E-state index is 0.469. The van der Waals surface area contributed by atoms with Crippen LogP contribution in [0.25, 0.3) is 0 Å². The Balaban J connectivity index is 3.61. The third-order valence-corrected chi connectivity index (χ3v) is 5.13. The van der Waals surface area contributed by atoms with Crippen LogP contribution in [-0.4, -0.2) is 16.7 Å². The number of carboxylic acids is 1. The quantitative estimate of drug-likeness (QED) is 0.336. The van der Waals surface area contributed by atoms with Crippen molar-refractivity contribution < 1.29 is 19.0 Å². The first-order valence-electron chi connectivity index (χ1n) is 8.37. The SMILES string of the molecule is CCCCCCCCCCCCC(C(=O)O)C(C)P(=O)=O. The van der Waals surface area contributed by atoms with Crippen LogP contribution >= 0.6 is 7.68 Å². The van der Waals surface area contributed by atoms with Gasteiger partial charge >= 0.3 is 13.6 Å². The van der Waals surface area contributed by atoms with Crippen molar-refractivity contribution in [2.24, 2.45) is 5.92 Å². The summed E-state index contributed by atoms with van der Waals surface area (Å²) < 4.78 is 21.8. The maximum atomic E-state index is 11.1. The highest BCUT2D eigenvalue weighted by atomic mass is 31.1. The first-order chi connectivity index (χ1) is 10.0. The second kappa shape index (κ2) is 13.1. The second-order valence-electron chi connectivity index (χ2n) is 5.94. The van der Waals surface area contributed by atoms with Crippen LogP contribution in [0, 0.1) is 5.92 Å². The molecule has 0 bridgehead atoms. The molecule has 0 radical (unpaired) electrons. The third kappa shape index (κ3) is 10.7. The fraction of sp³-hybridized carbons (Fsp3) is 0.938. The number of unbranched alkanes of at least 4 members (excludes halogenated alkanes) is 9. The average molecular weight is 318 g/mol. The lowest BCUT2D eigenvalue weighted by molar-refractivity contribution is -0.141. The van der Waals surface area contributed by atoms with E-state index in [-0.39, 0.29) is 0 Å². The summed E-state index contributed by atoms with van der Waals surface area (Å²) in [5, 5.41) is 9.07. The molecular formula is C16H31O4P. The van der Waals surface area contributed by atoms with Gasteiger partial charge in [0.25, 0.3) is 0 Å². The molecule has 4 nitrogen and oxygen atoms in total. The van der Waals surface area contributed by atoms with Gasteiger partial charge in [0.1, 0.15) is 0 Å². The van der Waals surface area contributed by atoms with Crippen molar-refractivity contribution in [3.8, 4) is 0 Å². The molecule has 2 atom stereocenters. The van der Waals surface area contributed by atoms with Crippen molar-refractivity contribution in [2.75, 3.05) is 0 Å². The zero-order valence-corrected chi connectivity index (χ0v) is 14.4. The summed E-state index contributed by atoms with van der Waals surface area (Å²) in [6.07, 6.45) is 12.4. The fourth-order valence-electron chi connectivity index (χ4n) is 2.57. The Morgan fingerprint density at radius 3 is 1.71 bits per heavy atom. The number of carbonyl (C=O) groups is 1. The molecule has 0 aromatic carbocycles. The molecule has 0 spiro atoms. The molecule has 0 amide bonds. The molecule has 0 rings (SSSR count). The van der Waals surface area contributed by atoms with E-state index in [0.717, 1.165) is 19.3 Å². The van der Waals surface area contributed by atoms with Crippen LogP contribution in [0.3, 0.4) is 0 Å². The van der Waals surface area contributed by atoms with E-state index in [1.807, 2.05) is 0 Å². The summed E-state index contributed by atoms with van der Waals surface area (Å²) in [6.45, 7) is 3.70. The van der Waals surface area contributed by atoms with E-state index in [9.17, 15) is 13.9 Å². The summed E-state index contributed by atoms with van der Waals surface area (Å²) in [6, 6.07) is 0. The van der Waals surface area contributed by atoms with Crippen molar-refractivity contribution in [1.29, 1.82) is 0 Å². The van der Waals surface area contributed by atoms with Gasteiger partial charge in [-0.1, -0.05) is 71.1 Å². The van der Waals surface area contributed by atoms with Crippen LogP contribution in [0.4, 0.5) is 0 Å². The van der Waals surface area contributed by atoms with Crippen LogP contribution in [0.1, 0.15) is 84.5 Å². The first kappa shape index (κ1) is 20.4. The molecule has 0 aromatic rings. The van der Waals surface area contributed by atoms with E-state index in [4.69, 9.17) is 5.11 Å². The largest absolute Gasteiger partial charge is 0.481 e. The molecule has 21 heavy (non-hydrogen) atoms. The number of carboxylic acid groups (broad SMARTS) is 1. The molecule has 124 valence electrons. The topological polar surface area (TPSA) is 71.4 Å². The Hall–Kier alpha value is -0.630. The van der Waals surface area contributed by atoms with Crippen LogP contribution in [0.5, 0.6) is 0 Å². The molecule has 2 unspecified atom stereocenters. The Bertz CT molecular complexity index is 331. The summed E-state index contributed by atoms with van der Waals surface area (Å²) in [5.74, 6) is -1.74. The predicted octanol–water partition coefficient (Wildman–Crippen LogP) is 5.56. The lowest BCUT2D eigenvalue weighted by Crippen LogP contribution is -2.22. The maximum Gasteiger partial charge on any atom is 0.319 e. The van der Waals surface area contributed by atoms with Gasteiger partial charge in [-0.25, -0.2) is 9.13 Å². The lowest BCUT2D eigenvalue weighted by Gasteiger charge is -2.13. The zero-order chi connectivity index (χ0) is 16.1. The average Bonchev–Trinajstić information content (AvgIpc) is 2.43. The monoisotopic (exact) mass is 318 g/mol. The number of aliphatic carboxylic acids is 1. The molecular weight excluding hydrogens is 287 g/mol. The van der Waals surface area contributed by atoms with Crippen molar-refractivity contribution in [3.63, 3.8) is 0 Å². The lowest BCUT2D eigenvalue weighted by atomic mass is 9.97. The molecule has 1 N–H and O–H groups in total. The van der Waals surface area contributed by atoms with E-state index >= 15 is 0 Å². The van der Waals surface area contributed by atoms with E-state index in [0.29, 0.717) is 6.42 Å². The maximum absolute atomic E-state index is 11.1. The molecule has 0 fully saturated rings. The zero-order valence-electron chi connectivity index (χ0n) is 13.6. The molecule has 0 aliphatic heterocycles. The molecule has 0 saturated heterocycles. The van der Waals surface area contributed by atoms with Crippen molar-refractivity contribution in [3.05, 3.63) is 0 Å². The standard InChI is InChI=1S/C16H31O4P/c1-3-4-5-6-7-8-9-10-11-12-13-15(16(17)18)14(2)21(19)20/h14-15H,3-13H2,1-2H3,(H,17,18). The van der Waals surface area contributed by atoms with Crippen LogP contribution in [-0.2, 0) is 13.9 Å². The van der Waals surface area contributed by atoms with Gasteiger partial charge in [-0.05, 0) is 13.3 Å². The minimum Gasteiger partial charge on any atom is -0.481 e. The number of rotatable bonds is 14. The first-order valence-corrected chi connectivity index (χ1v) is 9.61. The van der Waals surface area contributed by atoms with Gasteiger partial charge in [-0.15, -0.1) is 0 Å². The van der Waals surface area contributed by atoms with Crippen LogP contribution < -0.4 is 0 Å². The van der Waals surface area contributed by atoms with Gasteiger partial charge in [0.05, 0.1) is 11.6 Å². The summed E-state index contributed by atoms with van der Waals surface area (Å²) >= 11 is 0. The smallest absolute Gasteiger partial charge is 0.319 e. The predicted molar refractivity (Wildman–Crippen MR) is 85.3 cm³/mol. The Morgan fingerprint density at radius 1 is 0.905 bits per heavy atom. The normalized spacial score (nSPS) is 13.8. The summed E-state index contributed by atoms with van der Waals surface area (Å²) in [5.41, 5.74) is -0.768. The molecule has 0 aliphatic rings. The van der Waals surface area contributed by atoms with Gasteiger partial charge in [0.15, 0.2) is 0 Å². The minimum atomic E-state index is -2.65. The molecule has 0 heterocycles. The van der Waals surface area contributed by atoms with Crippen LogP contribution in [0.15, 0.2) is 0 Å². The van der Waals surface area contributed by atoms with Crippen molar-refractivity contribution >= 4 is 13.6 Å². The van der Waals surface area contributed by atoms with Crippen molar-refractivity contribution in [2.45, 2.75) is 90.1 Å². The summed E-state index contributed by atoms with van der Waals surface area (Å²) in [4.78, 5) is 11.1. The highest BCUT2D eigenvalue weighted by molar-refractivity contribution is 7.31. The molecule has 5 heteroatoms. The number of hydrogen-bond donors (Lipinski definition) is 1. The van der Waals surface area contributed by atoms with Gasteiger partial charge in [0, 0.05) is 0 Å². The fourth-order valence-corrected chi connectivity index (χ4v) is 3.14. The summed E-state index contributed by atoms with van der Waals surface area (Å²) in [7, 11) is -2.65. The van der Waals surface area contributed by atoms with E-state index in [1.54, 1.807) is 0 Å². The van der Waals surface area contributed by atoms with E-state index < -0.39 is 25.2 Å².